The number of aliphatic hydroxyl groups excluding tert-OH is 1. The average Bonchev–Trinajstić information content (AvgIpc) is 2.86. The number of likely N-dealkylation sites (N-methyl/N-ethyl adjacent to an activating group) is 1. The molecule has 0 saturated carbocycles. The molecule has 1 fully saturated rings. The zero-order valence-electron chi connectivity index (χ0n) is 12.2. The van der Waals surface area contributed by atoms with Crippen LogP contribution in [0.4, 0.5) is 5.82 Å². The van der Waals surface area contributed by atoms with Gasteiger partial charge in [-0.25, -0.2) is 4.98 Å². The van der Waals surface area contributed by atoms with E-state index in [1.807, 2.05) is 28.8 Å². The highest BCUT2D eigenvalue weighted by Gasteiger charge is 2.25. The van der Waals surface area contributed by atoms with Gasteiger partial charge in [0.25, 0.3) is 0 Å². The number of rotatable bonds is 3. The summed E-state index contributed by atoms with van der Waals surface area (Å²) in [7, 11) is 4.26. The molecule has 0 radical (unpaired) electrons. The number of nitrogens with zero attached hydrogens (tertiary/aromatic N) is 4. The van der Waals surface area contributed by atoms with Crippen molar-refractivity contribution in [3.63, 3.8) is 0 Å². The van der Waals surface area contributed by atoms with E-state index in [-0.39, 0.29) is 6.61 Å². The molecular formula is C15H22N4O. The standard InChI is InChI=1S/C15H22N4O/c1-17(2)12-6-5-8-18(10-12)15-13(11-20)19-9-4-3-7-14(19)16-15/h3-4,7,9,12,20H,5-6,8,10-11H2,1-2H3. The summed E-state index contributed by atoms with van der Waals surface area (Å²) in [5.74, 6) is 0.935. The maximum atomic E-state index is 9.71. The molecule has 1 N–H and O–H groups in total. The molecular weight excluding hydrogens is 252 g/mol. The monoisotopic (exact) mass is 274 g/mol. The Balaban J connectivity index is 1.96. The van der Waals surface area contributed by atoms with Gasteiger partial charge in [-0.05, 0) is 39.1 Å². The molecule has 0 amide bonds. The molecule has 2 aromatic heterocycles. The minimum Gasteiger partial charge on any atom is -0.390 e. The van der Waals surface area contributed by atoms with E-state index in [9.17, 15) is 5.11 Å². The summed E-state index contributed by atoms with van der Waals surface area (Å²) < 4.78 is 1.98. The Hall–Kier alpha value is -1.59. The first kappa shape index (κ1) is 13.4. The summed E-state index contributed by atoms with van der Waals surface area (Å²) in [6, 6.07) is 6.48. The third kappa shape index (κ3) is 2.27. The van der Waals surface area contributed by atoms with E-state index in [0.29, 0.717) is 6.04 Å². The molecule has 0 aliphatic carbocycles. The van der Waals surface area contributed by atoms with Crippen LogP contribution in [0, 0.1) is 0 Å². The second-order valence-corrected chi connectivity index (χ2v) is 5.67. The van der Waals surface area contributed by atoms with Crippen molar-refractivity contribution in [1.29, 1.82) is 0 Å². The van der Waals surface area contributed by atoms with E-state index < -0.39 is 0 Å². The van der Waals surface area contributed by atoms with Gasteiger partial charge in [-0.15, -0.1) is 0 Å². The Bertz CT molecular complexity index is 593. The van der Waals surface area contributed by atoms with Crippen molar-refractivity contribution in [1.82, 2.24) is 14.3 Å². The lowest BCUT2D eigenvalue weighted by atomic mass is 10.0. The van der Waals surface area contributed by atoms with Gasteiger partial charge < -0.3 is 14.9 Å². The smallest absolute Gasteiger partial charge is 0.153 e. The van der Waals surface area contributed by atoms with Crippen LogP contribution in [-0.2, 0) is 6.61 Å². The first-order chi connectivity index (χ1) is 9.70. The summed E-state index contributed by atoms with van der Waals surface area (Å²) in [6.45, 7) is 2.01. The van der Waals surface area contributed by atoms with Gasteiger partial charge in [0.1, 0.15) is 5.65 Å². The number of hydrogen-bond acceptors (Lipinski definition) is 4. The molecule has 108 valence electrons. The average molecular weight is 274 g/mol. The van der Waals surface area contributed by atoms with Crippen LogP contribution in [0.15, 0.2) is 24.4 Å². The van der Waals surface area contributed by atoms with Crippen molar-refractivity contribution in [2.75, 3.05) is 32.1 Å². The van der Waals surface area contributed by atoms with Crippen molar-refractivity contribution in [3.8, 4) is 0 Å². The molecule has 1 aliphatic rings. The number of aromatic nitrogens is 2. The quantitative estimate of drug-likeness (QED) is 0.918. The number of hydrogen-bond donors (Lipinski definition) is 1. The predicted molar refractivity (Wildman–Crippen MR) is 80.0 cm³/mol. The normalized spacial score (nSPS) is 20.0. The van der Waals surface area contributed by atoms with Crippen LogP contribution >= 0.6 is 0 Å². The SMILES string of the molecule is CN(C)C1CCCN(c2nc3ccccn3c2CO)C1. The van der Waals surface area contributed by atoms with Crippen LogP contribution in [0.3, 0.4) is 0 Å². The number of aliphatic hydroxyl groups is 1. The highest BCUT2D eigenvalue weighted by atomic mass is 16.3. The molecule has 1 atom stereocenters. The molecule has 0 bridgehead atoms. The van der Waals surface area contributed by atoms with E-state index in [1.54, 1.807) is 0 Å². The fourth-order valence-electron chi connectivity index (χ4n) is 3.00. The molecule has 2 aromatic rings. The summed E-state index contributed by atoms with van der Waals surface area (Å²) in [5.41, 5.74) is 1.79. The van der Waals surface area contributed by atoms with Crippen LogP contribution in [-0.4, -0.2) is 52.6 Å². The lowest BCUT2D eigenvalue weighted by Gasteiger charge is -2.36. The van der Waals surface area contributed by atoms with Gasteiger partial charge in [-0.3, -0.25) is 4.40 Å². The van der Waals surface area contributed by atoms with Gasteiger partial charge in [0.2, 0.25) is 0 Å². The first-order valence-electron chi connectivity index (χ1n) is 7.19. The number of pyridine rings is 1. The predicted octanol–water partition coefficient (Wildman–Crippen LogP) is 1.36. The molecule has 3 rings (SSSR count). The molecule has 5 heteroatoms. The zero-order valence-corrected chi connectivity index (χ0v) is 12.2. The van der Waals surface area contributed by atoms with E-state index in [2.05, 4.69) is 23.9 Å². The fourth-order valence-corrected chi connectivity index (χ4v) is 3.00. The second-order valence-electron chi connectivity index (χ2n) is 5.67. The van der Waals surface area contributed by atoms with E-state index in [4.69, 9.17) is 4.98 Å². The Labute approximate surface area is 119 Å². The summed E-state index contributed by atoms with van der Waals surface area (Å²) in [6.07, 6.45) is 4.36. The van der Waals surface area contributed by atoms with Gasteiger partial charge in [0.05, 0.1) is 12.3 Å². The lowest BCUT2D eigenvalue weighted by Crippen LogP contribution is -2.45. The highest BCUT2D eigenvalue weighted by molar-refractivity contribution is 5.56. The molecule has 1 unspecified atom stereocenters. The Kier molecular flexibility index (Phi) is 3.63. The van der Waals surface area contributed by atoms with Crippen LogP contribution < -0.4 is 4.90 Å². The van der Waals surface area contributed by atoms with Crippen molar-refractivity contribution in [3.05, 3.63) is 30.1 Å². The van der Waals surface area contributed by atoms with Gasteiger partial charge >= 0.3 is 0 Å². The summed E-state index contributed by atoms with van der Waals surface area (Å²) in [5, 5.41) is 9.71. The summed E-state index contributed by atoms with van der Waals surface area (Å²) >= 11 is 0. The molecule has 5 nitrogen and oxygen atoms in total. The van der Waals surface area contributed by atoms with Gasteiger partial charge in [0.15, 0.2) is 5.82 Å². The van der Waals surface area contributed by atoms with Crippen LogP contribution in [0.2, 0.25) is 0 Å². The zero-order chi connectivity index (χ0) is 14.1. The van der Waals surface area contributed by atoms with Crippen molar-refractivity contribution in [2.45, 2.75) is 25.5 Å². The Morgan fingerprint density at radius 2 is 2.25 bits per heavy atom. The molecule has 3 heterocycles. The Morgan fingerprint density at radius 3 is 3.00 bits per heavy atom. The maximum absolute atomic E-state index is 9.71. The van der Waals surface area contributed by atoms with Gasteiger partial charge in [-0.1, -0.05) is 6.07 Å². The van der Waals surface area contributed by atoms with Crippen molar-refractivity contribution < 1.29 is 5.11 Å². The molecule has 0 spiro atoms. The van der Waals surface area contributed by atoms with Gasteiger partial charge in [0, 0.05) is 25.3 Å². The number of piperidine rings is 1. The molecule has 20 heavy (non-hydrogen) atoms. The minimum absolute atomic E-state index is 0.0175. The van der Waals surface area contributed by atoms with Crippen LogP contribution in [0.1, 0.15) is 18.5 Å². The second kappa shape index (κ2) is 5.42. The fraction of sp³-hybridized carbons (Fsp3) is 0.533. The molecule has 1 saturated heterocycles. The molecule has 0 aromatic carbocycles. The molecule has 1 aliphatic heterocycles. The third-order valence-electron chi connectivity index (χ3n) is 4.18. The number of anilines is 1. The maximum Gasteiger partial charge on any atom is 0.153 e. The lowest BCUT2D eigenvalue weighted by molar-refractivity contribution is 0.255. The summed E-state index contributed by atoms with van der Waals surface area (Å²) in [4.78, 5) is 9.30. The third-order valence-corrected chi connectivity index (χ3v) is 4.18. The number of fused-ring (bicyclic) bond motifs is 1. The minimum atomic E-state index is 0.0175. The topological polar surface area (TPSA) is 44.0 Å². The van der Waals surface area contributed by atoms with Gasteiger partial charge in [-0.2, -0.15) is 0 Å². The number of imidazole rings is 1. The van der Waals surface area contributed by atoms with E-state index in [1.165, 1.54) is 12.8 Å². The largest absolute Gasteiger partial charge is 0.390 e. The van der Waals surface area contributed by atoms with Crippen LogP contribution in [0.25, 0.3) is 5.65 Å². The van der Waals surface area contributed by atoms with E-state index in [0.717, 1.165) is 30.2 Å². The Morgan fingerprint density at radius 1 is 1.40 bits per heavy atom. The van der Waals surface area contributed by atoms with Crippen LogP contribution in [0.5, 0.6) is 0 Å². The first-order valence-corrected chi connectivity index (χ1v) is 7.19. The van der Waals surface area contributed by atoms with Crippen molar-refractivity contribution in [2.24, 2.45) is 0 Å². The van der Waals surface area contributed by atoms with Crippen molar-refractivity contribution >= 4 is 11.5 Å². The highest BCUT2D eigenvalue weighted by Crippen LogP contribution is 2.25. The van der Waals surface area contributed by atoms with E-state index >= 15 is 0 Å².